The standard InChI is InChI=1S/C8H12N4O/c1-5(2)12-8(13)6-3-10-4-11-7(6)9/h3-5H,1-2H3,(H,12,13)(H2,9,10,11). The van der Waals surface area contributed by atoms with Gasteiger partial charge in [0.15, 0.2) is 0 Å². The number of nitrogen functional groups attached to an aromatic ring is 1. The average molecular weight is 180 g/mol. The number of carbonyl (C=O) groups excluding carboxylic acids is 1. The van der Waals surface area contributed by atoms with Gasteiger partial charge in [0.05, 0.1) is 5.56 Å². The lowest BCUT2D eigenvalue weighted by molar-refractivity contribution is 0.0943. The van der Waals surface area contributed by atoms with Gasteiger partial charge in [0.2, 0.25) is 0 Å². The molecule has 0 atom stereocenters. The van der Waals surface area contributed by atoms with Gasteiger partial charge < -0.3 is 11.1 Å². The predicted molar refractivity (Wildman–Crippen MR) is 49.0 cm³/mol. The van der Waals surface area contributed by atoms with E-state index in [1.165, 1.54) is 12.5 Å². The first-order valence-corrected chi connectivity index (χ1v) is 3.97. The van der Waals surface area contributed by atoms with E-state index in [-0.39, 0.29) is 17.8 Å². The van der Waals surface area contributed by atoms with Gasteiger partial charge in [-0.15, -0.1) is 0 Å². The van der Waals surface area contributed by atoms with E-state index in [9.17, 15) is 4.79 Å². The second-order valence-corrected chi connectivity index (χ2v) is 2.95. The third-order valence-electron chi connectivity index (χ3n) is 1.41. The van der Waals surface area contributed by atoms with Crippen molar-refractivity contribution in [2.45, 2.75) is 19.9 Å². The molecular weight excluding hydrogens is 168 g/mol. The summed E-state index contributed by atoms with van der Waals surface area (Å²) in [7, 11) is 0. The molecule has 0 aromatic carbocycles. The van der Waals surface area contributed by atoms with Gasteiger partial charge in [-0.2, -0.15) is 0 Å². The van der Waals surface area contributed by atoms with Crippen molar-refractivity contribution in [3.8, 4) is 0 Å². The van der Waals surface area contributed by atoms with Crippen LogP contribution in [0.2, 0.25) is 0 Å². The Kier molecular flexibility index (Phi) is 2.79. The van der Waals surface area contributed by atoms with Crippen molar-refractivity contribution in [3.63, 3.8) is 0 Å². The van der Waals surface area contributed by atoms with Gasteiger partial charge in [0.1, 0.15) is 12.1 Å². The molecule has 0 saturated carbocycles. The zero-order chi connectivity index (χ0) is 9.84. The van der Waals surface area contributed by atoms with E-state index in [0.29, 0.717) is 5.56 Å². The van der Waals surface area contributed by atoms with Crippen LogP contribution >= 0.6 is 0 Å². The van der Waals surface area contributed by atoms with E-state index < -0.39 is 0 Å². The second-order valence-electron chi connectivity index (χ2n) is 2.95. The molecule has 5 nitrogen and oxygen atoms in total. The first-order valence-electron chi connectivity index (χ1n) is 3.97. The summed E-state index contributed by atoms with van der Waals surface area (Å²) in [5.41, 5.74) is 5.80. The number of anilines is 1. The average Bonchev–Trinajstić information content (AvgIpc) is 2.03. The maximum absolute atomic E-state index is 11.4. The summed E-state index contributed by atoms with van der Waals surface area (Å²) in [5, 5.41) is 2.70. The topological polar surface area (TPSA) is 80.9 Å². The molecule has 0 bridgehead atoms. The highest BCUT2D eigenvalue weighted by molar-refractivity contribution is 5.97. The maximum atomic E-state index is 11.4. The van der Waals surface area contributed by atoms with Crippen LogP contribution in [0.15, 0.2) is 12.5 Å². The SMILES string of the molecule is CC(C)NC(=O)c1cncnc1N. The Morgan fingerprint density at radius 2 is 2.31 bits per heavy atom. The van der Waals surface area contributed by atoms with Crippen LogP contribution in [0.5, 0.6) is 0 Å². The molecule has 1 heterocycles. The number of carbonyl (C=O) groups is 1. The third-order valence-corrected chi connectivity index (χ3v) is 1.41. The number of hydrogen-bond donors (Lipinski definition) is 2. The summed E-state index contributed by atoms with van der Waals surface area (Å²) in [4.78, 5) is 18.8. The Morgan fingerprint density at radius 1 is 1.62 bits per heavy atom. The van der Waals surface area contributed by atoms with Crippen molar-refractivity contribution < 1.29 is 4.79 Å². The minimum absolute atomic E-state index is 0.0760. The quantitative estimate of drug-likeness (QED) is 0.681. The Bertz CT molecular complexity index is 311. The zero-order valence-corrected chi connectivity index (χ0v) is 7.61. The fourth-order valence-electron chi connectivity index (χ4n) is 0.854. The largest absolute Gasteiger partial charge is 0.383 e. The van der Waals surface area contributed by atoms with Crippen molar-refractivity contribution in [1.82, 2.24) is 15.3 Å². The number of rotatable bonds is 2. The van der Waals surface area contributed by atoms with Crippen LogP contribution in [0.25, 0.3) is 0 Å². The number of aromatic nitrogens is 2. The summed E-state index contributed by atoms with van der Waals surface area (Å²) >= 11 is 0. The van der Waals surface area contributed by atoms with Crippen LogP contribution in [0.1, 0.15) is 24.2 Å². The van der Waals surface area contributed by atoms with Gasteiger partial charge >= 0.3 is 0 Å². The van der Waals surface area contributed by atoms with Gasteiger partial charge in [-0.25, -0.2) is 9.97 Å². The van der Waals surface area contributed by atoms with Crippen molar-refractivity contribution in [2.24, 2.45) is 0 Å². The van der Waals surface area contributed by atoms with E-state index in [2.05, 4.69) is 15.3 Å². The highest BCUT2D eigenvalue weighted by Crippen LogP contribution is 2.04. The summed E-state index contributed by atoms with van der Waals surface area (Å²) in [5.74, 6) is -0.0405. The number of nitrogens with two attached hydrogens (primary N) is 1. The van der Waals surface area contributed by atoms with Gasteiger partial charge in [0, 0.05) is 12.2 Å². The molecule has 5 heteroatoms. The number of nitrogens with one attached hydrogen (secondary N) is 1. The van der Waals surface area contributed by atoms with Crippen LogP contribution in [0, 0.1) is 0 Å². The summed E-state index contributed by atoms with van der Waals surface area (Å²) in [6, 6.07) is 0.0760. The lowest BCUT2D eigenvalue weighted by Crippen LogP contribution is -2.30. The normalized spacial score (nSPS) is 10.1. The Morgan fingerprint density at radius 3 is 2.85 bits per heavy atom. The van der Waals surface area contributed by atoms with Gasteiger partial charge in [-0.3, -0.25) is 4.79 Å². The van der Waals surface area contributed by atoms with Crippen LogP contribution in [-0.4, -0.2) is 21.9 Å². The molecule has 0 aliphatic heterocycles. The zero-order valence-electron chi connectivity index (χ0n) is 7.61. The summed E-state index contributed by atoms with van der Waals surface area (Å²) in [6.07, 6.45) is 2.71. The van der Waals surface area contributed by atoms with Crippen LogP contribution in [0.4, 0.5) is 5.82 Å². The molecule has 1 amide bonds. The van der Waals surface area contributed by atoms with Crippen molar-refractivity contribution in [3.05, 3.63) is 18.1 Å². The smallest absolute Gasteiger partial charge is 0.256 e. The van der Waals surface area contributed by atoms with Gasteiger partial charge in [-0.1, -0.05) is 0 Å². The third kappa shape index (κ3) is 2.40. The molecule has 0 radical (unpaired) electrons. The van der Waals surface area contributed by atoms with E-state index in [1.807, 2.05) is 13.8 Å². The first kappa shape index (κ1) is 9.44. The van der Waals surface area contributed by atoms with E-state index in [0.717, 1.165) is 0 Å². The van der Waals surface area contributed by atoms with Crippen LogP contribution in [-0.2, 0) is 0 Å². The fourth-order valence-corrected chi connectivity index (χ4v) is 0.854. The highest BCUT2D eigenvalue weighted by Gasteiger charge is 2.10. The molecule has 0 spiro atoms. The molecule has 1 aromatic heterocycles. The van der Waals surface area contributed by atoms with Crippen molar-refractivity contribution in [2.75, 3.05) is 5.73 Å². The molecule has 70 valence electrons. The minimum atomic E-state index is -0.242. The molecule has 0 aliphatic carbocycles. The summed E-state index contributed by atoms with van der Waals surface area (Å²) in [6.45, 7) is 3.75. The Balaban J connectivity index is 2.83. The number of nitrogens with zero attached hydrogens (tertiary/aromatic N) is 2. The second kappa shape index (κ2) is 3.84. The predicted octanol–water partition coefficient (Wildman–Crippen LogP) is 0.197. The first-order chi connectivity index (χ1) is 6.11. The maximum Gasteiger partial charge on any atom is 0.256 e. The van der Waals surface area contributed by atoms with Crippen molar-refractivity contribution in [1.29, 1.82) is 0 Å². The van der Waals surface area contributed by atoms with E-state index in [4.69, 9.17) is 5.73 Å². The molecule has 3 N–H and O–H groups in total. The highest BCUT2D eigenvalue weighted by atomic mass is 16.1. The van der Waals surface area contributed by atoms with Crippen molar-refractivity contribution >= 4 is 11.7 Å². The molecule has 0 fully saturated rings. The molecule has 13 heavy (non-hydrogen) atoms. The molecule has 0 unspecified atom stereocenters. The van der Waals surface area contributed by atoms with Crippen LogP contribution < -0.4 is 11.1 Å². The molecule has 1 aromatic rings. The molecular formula is C8H12N4O. The summed E-state index contributed by atoms with van der Waals surface area (Å²) < 4.78 is 0. The number of hydrogen-bond acceptors (Lipinski definition) is 4. The lowest BCUT2D eigenvalue weighted by atomic mass is 10.2. The van der Waals surface area contributed by atoms with E-state index >= 15 is 0 Å². The lowest BCUT2D eigenvalue weighted by Gasteiger charge is -2.08. The fraction of sp³-hybridized carbons (Fsp3) is 0.375. The molecule has 0 saturated heterocycles. The van der Waals surface area contributed by atoms with Crippen LogP contribution in [0.3, 0.4) is 0 Å². The van der Waals surface area contributed by atoms with E-state index in [1.54, 1.807) is 0 Å². The Hall–Kier alpha value is -1.65. The molecule has 1 rings (SSSR count). The van der Waals surface area contributed by atoms with Gasteiger partial charge in [0.25, 0.3) is 5.91 Å². The Labute approximate surface area is 76.4 Å². The molecule has 0 aliphatic rings. The monoisotopic (exact) mass is 180 g/mol. The van der Waals surface area contributed by atoms with Gasteiger partial charge in [-0.05, 0) is 13.8 Å². The number of amides is 1. The minimum Gasteiger partial charge on any atom is -0.383 e.